The van der Waals surface area contributed by atoms with Crippen molar-refractivity contribution in [3.63, 3.8) is 0 Å². The van der Waals surface area contributed by atoms with Gasteiger partial charge in [0.05, 0.1) is 5.92 Å². The molecule has 0 spiro atoms. The second-order valence-corrected chi connectivity index (χ2v) is 8.24. The molecule has 2 saturated heterocycles. The number of amides is 1. The first-order chi connectivity index (χ1) is 11.8. The number of carbonyl (C=O) groups is 1. The Bertz CT molecular complexity index is 565. The first-order valence-corrected chi connectivity index (χ1v) is 10.3. The number of tetrazole rings is 1. The smallest absolute Gasteiger partial charge is 0.233 e. The average molecular weight is 350 g/mol. The molecule has 0 aliphatic carbocycles. The number of hydrogen-bond acceptors (Lipinski definition) is 6. The van der Waals surface area contributed by atoms with Crippen LogP contribution >= 0.6 is 11.8 Å². The molecule has 24 heavy (non-hydrogen) atoms. The normalized spacial score (nSPS) is 26.8. The Labute approximate surface area is 147 Å². The predicted molar refractivity (Wildman–Crippen MR) is 92.9 cm³/mol. The van der Waals surface area contributed by atoms with Crippen LogP contribution in [0.1, 0.15) is 43.8 Å². The van der Waals surface area contributed by atoms with Gasteiger partial charge in [-0.3, -0.25) is 9.69 Å². The fourth-order valence-corrected chi connectivity index (χ4v) is 5.14. The van der Waals surface area contributed by atoms with E-state index in [4.69, 9.17) is 0 Å². The summed E-state index contributed by atoms with van der Waals surface area (Å²) in [5, 5.41) is 12.0. The second kappa shape index (κ2) is 7.39. The zero-order valence-corrected chi connectivity index (χ0v) is 15.0. The standard InChI is InChI=1S/C16H26N6OS/c23-16(14-3-1-2-6-22-15(14)17-18-19-22)21-7-4-13(5-8-21)20-9-11-24-12-10-20/h13-14H,1-12H2/t14-/m1/s1. The summed E-state index contributed by atoms with van der Waals surface area (Å²) < 4.78 is 1.83. The van der Waals surface area contributed by atoms with E-state index in [-0.39, 0.29) is 11.8 Å². The van der Waals surface area contributed by atoms with Gasteiger partial charge in [-0.2, -0.15) is 11.8 Å². The van der Waals surface area contributed by atoms with E-state index in [1.807, 2.05) is 4.68 Å². The molecule has 3 aliphatic rings. The largest absolute Gasteiger partial charge is 0.342 e. The van der Waals surface area contributed by atoms with Crippen molar-refractivity contribution >= 4 is 17.7 Å². The van der Waals surface area contributed by atoms with Gasteiger partial charge in [0.2, 0.25) is 5.91 Å². The highest BCUT2D eigenvalue weighted by Gasteiger charge is 2.34. The number of nitrogens with zero attached hydrogens (tertiary/aromatic N) is 6. The highest BCUT2D eigenvalue weighted by molar-refractivity contribution is 7.99. The first-order valence-electron chi connectivity index (χ1n) is 9.19. The number of fused-ring (bicyclic) bond motifs is 1. The summed E-state index contributed by atoms with van der Waals surface area (Å²) in [6.07, 6.45) is 5.20. The van der Waals surface area contributed by atoms with Gasteiger partial charge < -0.3 is 4.90 Å². The SMILES string of the molecule is O=C([C@@H]1CCCCn2nnnc21)N1CCC(N2CCSCC2)CC1. The van der Waals surface area contributed by atoms with Crippen molar-refractivity contribution in [1.29, 1.82) is 0 Å². The highest BCUT2D eigenvalue weighted by Crippen LogP contribution is 2.28. The fourth-order valence-electron chi connectivity index (χ4n) is 4.21. The molecule has 2 fully saturated rings. The Morgan fingerprint density at radius 3 is 2.58 bits per heavy atom. The Balaban J connectivity index is 1.38. The van der Waals surface area contributed by atoms with Crippen LogP contribution in [0.5, 0.6) is 0 Å². The molecule has 1 amide bonds. The second-order valence-electron chi connectivity index (χ2n) is 7.01. The minimum atomic E-state index is -0.148. The quantitative estimate of drug-likeness (QED) is 0.792. The third-order valence-electron chi connectivity index (χ3n) is 5.62. The molecule has 4 rings (SSSR count). The van der Waals surface area contributed by atoms with Gasteiger partial charge in [0.15, 0.2) is 5.82 Å². The summed E-state index contributed by atoms with van der Waals surface area (Å²) >= 11 is 2.06. The van der Waals surface area contributed by atoms with Crippen LogP contribution in [0.2, 0.25) is 0 Å². The molecule has 0 aromatic carbocycles. The zero-order valence-electron chi connectivity index (χ0n) is 14.1. The molecule has 0 bridgehead atoms. The molecule has 3 aliphatic heterocycles. The van der Waals surface area contributed by atoms with Gasteiger partial charge in [-0.15, -0.1) is 5.10 Å². The highest BCUT2D eigenvalue weighted by atomic mass is 32.2. The van der Waals surface area contributed by atoms with E-state index in [0.717, 1.165) is 57.6 Å². The number of aryl methyl sites for hydroxylation is 1. The van der Waals surface area contributed by atoms with Crippen LogP contribution in [0.15, 0.2) is 0 Å². The maximum atomic E-state index is 13.0. The van der Waals surface area contributed by atoms with Crippen molar-refractivity contribution in [3.8, 4) is 0 Å². The molecule has 1 aromatic heterocycles. The number of likely N-dealkylation sites (tertiary alicyclic amines) is 1. The summed E-state index contributed by atoms with van der Waals surface area (Å²) in [4.78, 5) is 17.7. The lowest BCUT2D eigenvalue weighted by Gasteiger charge is -2.40. The van der Waals surface area contributed by atoms with Crippen molar-refractivity contribution in [2.45, 2.75) is 50.6 Å². The zero-order chi connectivity index (χ0) is 16.4. The summed E-state index contributed by atoms with van der Waals surface area (Å²) in [5.41, 5.74) is 0. The van der Waals surface area contributed by atoms with Gasteiger partial charge >= 0.3 is 0 Å². The van der Waals surface area contributed by atoms with Crippen LogP contribution in [0.4, 0.5) is 0 Å². The van der Waals surface area contributed by atoms with Crippen molar-refractivity contribution in [2.24, 2.45) is 0 Å². The molecular weight excluding hydrogens is 324 g/mol. The Morgan fingerprint density at radius 2 is 1.79 bits per heavy atom. The summed E-state index contributed by atoms with van der Waals surface area (Å²) in [5.74, 6) is 3.37. The third kappa shape index (κ3) is 3.31. The Kier molecular flexibility index (Phi) is 5.03. The fraction of sp³-hybridized carbons (Fsp3) is 0.875. The molecule has 0 radical (unpaired) electrons. The monoisotopic (exact) mass is 350 g/mol. The Hall–Kier alpha value is -1.15. The number of aromatic nitrogens is 4. The molecule has 1 aromatic rings. The average Bonchev–Trinajstić information content (AvgIpc) is 3.01. The van der Waals surface area contributed by atoms with E-state index >= 15 is 0 Å². The van der Waals surface area contributed by atoms with E-state index < -0.39 is 0 Å². The molecule has 7 nitrogen and oxygen atoms in total. The van der Waals surface area contributed by atoms with Gasteiger partial charge in [0, 0.05) is 50.3 Å². The van der Waals surface area contributed by atoms with Gasteiger partial charge in [-0.05, 0) is 36.1 Å². The predicted octanol–water partition coefficient (Wildman–Crippen LogP) is 0.980. The van der Waals surface area contributed by atoms with Gasteiger partial charge in [0.25, 0.3) is 0 Å². The van der Waals surface area contributed by atoms with Crippen molar-refractivity contribution in [2.75, 3.05) is 37.7 Å². The summed E-state index contributed by atoms with van der Waals surface area (Å²) in [6, 6.07) is 0.661. The van der Waals surface area contributed by atoms with Crippen LogP contribution in [0, 0.1) is 0 Å². The molecule has 1 atom stereocenters. The molecule has 8 heteroatoms. The van der Waals surface area contributed by atoms with Gasteiger partial charge in [0.1, 0.15) is 0 Å². The number of piperidine rings is 1. The molecule has 0 saturated carbocycles. The molecule has 0 unspecified atom stereocenters. The van der Waals surface area contributed by atoms with Gasteiger partial charge in [-0.25, -0.2) is 4.68 Å². The van der Waals surface area contributed by atoms with Crippen molar-refractivity contribution in [1.82, 2.24) is 30.0 Å². The maximum absolute atomic E-state index is 13.0. The van der Waals surface area contributed by atoms with Crippen molar-refractivity contribution < 1.29 is 4.79 Å². The van der Waals surface area contributed by atoms with Gasteiger partial charge in [-0.1, -0.05) is 6.42 Å². The van der Waals surface area contributed by atoms with Crippen LogP contribution in [0.3, 0.4) is 0 Å². The van der Waals surface area contributed by atoms with E-state index in [9.17, 15) is 4.79 Å². The summed E-state index contributed by atoms with van der Waals surface area (Å²) in [7, 11) is 0. The topological polar surface area (TPSA) is 67.2 Å². The molecule has 0 N–H and O–H groups in total. The van der Waals surface area contributed by atoms with Crippen LogP contribution < -0.4 is 0 Å². The van der Waals surface area contributed by atoms with E-state index in [2.05, 4.69) is 37.1 Å². The maximum Gasteiger partial charge on any atom is 0.233 e. The van der Waals surface area contributed by atoms with E-state index in [1.54, 1.807) is 0 Å². The molecule has 132 valence electrons. The first kappa shape index (κ1) is 16.3. The number of rotatable bonds is 2. The lowest BCUT2D eigenvalue weighted by Crippen LogP contribution is -2.50. The number of thioether (sulfide) groups is 1. The lowest BCUT2D eigenvalue weighted by atomic mass is 9.97. The molecule has 4 heterocycles. The van der Waals surface area contributed by atoms with Crippen LogP contribution in [-0.2, 0) is 11.3 Å². The van der Waals surface area contributed by atoms with E-state index in [1.165, 1.54) is 24.6 Å². The molecular formula is C16H26N6OS. The minimum Gasteiger partial charge on any atom is -0.342 e. The summed E-state index contributed by atoms with van der Waals surface area (Å²) in [6.45, 7) is 5.01. The minimum absolute atomic E-state index is 0.148. The lowest BCUT2D eigenvalue weighted by molar-refractivity contribution is -0.134. The van der Waals surface area contributed by atoms with E-state index in [0.29, 0.717) is 6.04 Å². The number of hydrogen-bond donors (Lipinski definition) is 0. The third-order valence-corrected chi connectivity index (χ3v) is 6.56. The van der Waals surface area contributed by atoms with Crippen LogP contribution in [-0.4, -0.2) is 79.6 Å². The van der Waals surface area contributed by atoms with Crippen molar-refractivity contribution in [3.05, 3.63) is 5.82 Å². The van der Waals surface area contributed by atoms with Crippen LogP contribution in [0.25, 0.3) is 0 Å². The number of carbonyl (C=O) groups excluding carboxylic acids is 1. The Morgan fingerprint density at radius 1 is 1.00 bits per heavy atom.